The molecule has 0 N–H and O–H groups in total. The van der Waals surface area contributed by atoms with Gasteiger partial charge in [0.05, 0.1) is 14.2 Å². The van der Waals surface area contributed by atoms with Crippen LogP contribution in [0.2, 0.25) is 0 Å². The average molecular weight is 326 g/mol. The van der Waals surface area contributed by atoms with Crippen LogP contribution < -0.4 is 9.47 Å². The van der Waals surface area contributed by atoms with Crippen LogP contribution in [-0.4, -0.2) is 64.0 Å². The van der Waals surface area contributed by atoms with Gasteiger partial charge >= 0.3 is 0 Å². The molecule has 0 aliphatic rings. The van der Waals surface area contributed by atoms with Crippen LogP contribution in [0.1, 0.15) is 24.4 Å². The van der Waals surface area contributed by atoms with Crippen molar-refractivity contribution in [2.75, 3.05) is 42.4 Å². The van der Waals surface area contributed by atoms with E-state index in [1.165, 1.54) is 24.0 Å². The summed E-state index contributed by atoms with van der Waals surface area (Å²) in [7, 11) is 9.89. The maximum atomic E-state index is 11.7. The SMILES string of the molecule is COc1c(CCC(=O)N(C)C)oc(CCC(=O)N(C)C)c1OC. The third kappa shape index (κ3) is 4.91. The van der Waals surface area contributed by atoms with E-state index in [0.717, 1.165) is 0 Å². The molecule has 1 aromatic heterocycles. The number of rotatable bonds is 8. The molecule has 1 rings (SSSR count). The monoisotopic (exact) mass is 326 g/mol. The fraction of sp³-hybridized carbons (Fsp3) is 0.625. The van der Waals surface area contributed by atoms with Gasteiger partial charge in [-0.15, -0.1) is 0 Å². The first-order valence-electron chi connectivity index (χ1n) is 7.44. The maximum Gasteiger partial charge on any atom is 0.222 e. The molecule has 0 fully saturated rings. The van der Waals surface area contributed by atoms with Gasteiger partial charge in [0.25, 0.3) is 0 Å². The van der Waals surface area contributed by atoms with Gasteiger partial charge in [-0.05, 0) is 0 Å². The minimum atomic E-state index is 0.00626. The lowest BCUT2D eigenvalue weighted by atomic mass is 10.2. The third-order valence-electron chi connectivity index (χ3n) is 3.50. The van der Waals surface area contributed by atoms with Crippen LogP contribution in [0.3, 0.4) is 0 Å². The van der Waals surface area contributed by atoms with E-state index in [1.807, 2.05) is 0 Å². The van der Waals surface area contributed by atoms with E-state index in [0.29, 0.717) is 48.7 Å². The number of hydrogen-bond acceptors (Lipinski definition) is 5. The number of furan rings is 1. The van der Waals surface area contributed by atoms with E-state index in [4.69, 9.17) is 13.9 Å². The van der Waals surface area contributed by atoms with Gasteiger partial charge in [-0.2, -0.15) is 0 Å². The zero-order valence-electron chi connectivity index (χ0n) is 14.8. The van der Waals surface area contributed by atoms with Gasteiger partial charge in [0, 0.05) is 53.9 Å². The number of carbonyl (C=O) groups is 2. The molecule has 7 heteroatoms. The summed E-state index contributed by atoms with van der Waals surface area (Å²) in [6.07, 6.45) is 1.46. The summed E-state index contributed by atoms with van der Waals surface area (Å²) >= 11 is 0. The number of aryl methyl sites for hydroxylation is 2. The van der Waals surface area contributed by atoms with Crippen LogP contribution in [-0.2, 0) is 22.4 Å². The van der Waals surface area contributed by atoms with Gasteiger partial charge in [0.15, 0.2) is 11.5 Å². The predicted molar refractivity (Wildman–Crippen MR) is 85.8 cm³/mol. The number of methoxy groups -OCH3 is 2. The van der Waals surface area contributed by atoms with E-state index in [-0.39, 0.29) is 11.8 Å². The second kappa shape index (κ2) is 8.45. The summed E-state index contributed by atoms with van der Waals surface area (Å²) in [5.74, 6) is 2.12. The lowest BCUT2D eigenvalue weighted by Crippen LogP contribution is -2.21. The van der Waals surface area contributed by atoms with Crippen molar-refractivity contribution in [1.82, 2.24) is 9.80 Å². The number of ether oxygens (including phenoxy) is 2. The Morgan fingerprint density at radius 3 is 1.43 bits per heavy atom. The van der Waals surface area contributed by atoms with Crippen LogP contribution >= 0.6 is 0 Å². The average Bonchev–Trinajstić information content (AvgIpc) is 2.86. The summed E-state index contributed by atoms with van der Waals surface area (Å²) in [5.41, 5.74) is 0. The first-order valence-corrected chi connectivity index (χ1v) is 7.44. The Hall–Kier alpha value is -2.18. The lowest BCUT2D eigenvalue weighted by Gasteiger charge is -2.09. The van der Waals surface area contributed by atoms with Crippen LogP contribution in [0.15, 0.2) is 4.42 Å². The molecule has 1 aromatic rings. The predicted octanol–water partition coefficient (Wildman–Crippen LogP) is 1.34. The molecule has 130 valence electrons. The van der Waals surface area contributed by atoms with Crippen LogP contribution in [0.4, 0.5) is 0 Å². The van der Waals surface area contributed by atoms with Crippen molar-refractivity contribution in [3.8, 4) is 11.5 Å². The normalized spacial score (nSPS) is 10.3. The largest absolute Gasteiger partial charge is 0.490 e. The lowest BCUT2D eigenvalue weighted by molar-refractivity contribution is -0.129. The Bertz CT molecular complexity index is 502. The van der Waals surface area contributed by atoms with Crippen LogP contribution in [0.25, 0.3) is 0 Å². The number of amides is 2. The summed E-state index contributed by atoms with van der Waals surface area (Å²) in [6, 6.07) is 0. The topological polar surface area (TPSA) is 72.2 Å². The van der Waals surface area contributed by atoms with Gasteiger partial charge in [0.2, 0.25) is 23.3 Å². The van der Waals surface area contributed by atoms with Crippen molar-refractivity contribution < 1.29 is 23.5 Å². The summed E-state index contributed by atoms with van der Waals surface area (Å²) in [5, 5.41) is 0. The van der Waals surface area contributed by atoms with Gasteiger partial charge in [0.1, 0.15) is 0 Å². The van der Waals surface area contributed by atoms with Crippen LogP contribution in [0.5, 0.6) is 11.5 Å². The van der Waals surface area contributed by atoms with Crippen molar-refractivity contribution in [1.29, 1.82) is 0 Å². The Labute approximate surface area is 137 Å². The van der Waals surface area contributed by atoms with E-state index in [9.17, 15) is 9.59 Å². The number of hydrogen-bond donors (Lipinski definition) is 0. The first-order chi connectivity index (χ1) is 10.8. The minimum absolute atomic E-state index is 0.00626. The molecule has 0 spiro atoms. The van der Waals surface area contributed by atoms with E-state index >= 15 is 0 Å². The van der Waals surface area contributed by atoms with Gasteiger partial charge in [-0.25, -0.2) is 0 Å². The Balaban J connectivity index is 2.90. The fourth-order valence-corrected chi connectivity index (χ4v) is 2.12. The van der Waals surface area contributed by atoms with Gasteiger partial charge in [-0.1, -0.05) is 0 Å². The Kier molecular flexibility index (Phi) is 6.93. The maximum absolute atomic E-state index is 11.7. The highest BCUT2D eigenvalue weighted by Gasteiger charge is 2.23. The fourth-order valence-electron chi connectivity index (χ4n) is 2.12. The van der Waals surface area contributed by atoms with Crippen molar-refractivity contribution in [3.05, 3.63) is 11.5 Å². The molecule has 7 nitrogen and oxygen atoms in total. The molecule has 0 aliphatic carbocycles. The second-order valence-electron chi connectivity index (χ2n) is 5.59. The summed E-state index contributed by atoms with van der Waals surface area (Å²) < 4.78 is 16.5. The van der Waals surface area contributed by atoms with E-state index in [1.54, 1.807) is 28.2 Å². The molecule has 1 heterocycles. The van der Waals surface area contributed by atoms with Crippen molar-refractivity contribution in [2.45, 2.75) is 25.7 Å². The second-order valence-corrected chi connectivity index (χ2v) is 5.59. The number of nitrogens with zero attached hydrogens (tertiary/aromatic N) is 2. The number of carbonyl (C=O) groups excluding carboxylic acids is 2. The summed E-state index contributed by atoms with van der Waals surface area (Å²) in [6.45, 7) is 0. The van der Waals surface area contributed by atoms with Crippen LogP contribution in [0, 0.1) is 0 Å². The highest BCUT2D eigenvalue weighted by atomic mass is 16.5. The molecule has 0 atom stereocenters. The molecule has 0 aliphatic heterocycles. The van der Waals surface area contributed by atoms with E-state index < -0.39 is 0 Å². The Morgan fingerprint density at radius 2 is 1.17 bits per heavy atom. The van der Waals surface area contributed by atoms with Crippen molar-refractivity contribution >= 4 is 11.8 Å². The minimum Gasteiger partial charge on any atom is -0.490 e. The van der Waals surface area contributed by atoms with Crippen molar-refractivity contribution in [2.24, 2.45) is 0 Å². The zero-order chi connectivity index (χ0) is 17.6. The Morgan fingerprint density at radius 1 is 0.826 bits per heavy atom. The molecule has 0 saturated carbocycles. The molecule has 0 bridgehead atoms. The molecular formula is C16H26N2O5. The molecular weight excluding hydrogens is 300 g/mol. The van der Waals surface area contributed by atoms with Crippen molar-refractivity contribution in [3.63, 3.8) is 0 Å². The molecule has 2 amide bonds. The van der Waals surface area contributed by atoms with E-state index in [2.05, 4.69) is 0 Å². The molecule has 0 saturated heterocycles. The van der Waals surface area contributed by atoms with Gasteiger partial charge in [-0.3, -0.25) is 9.59 Å². The highest BCUT2D eigenvalue weighted by Crippen LogP contribution is 2.39. The molecule has 0 radical (unpaired) electrons. The standard InChI is InChI=1S/C16H26N2O5/c1-17(2)13(19)9-7-11-15(21-5)16(22-6)12(23-11)8-10-14(20)18(3)4/h7-10H2,1-6H3. The zero-order valence-corrected chi connectivity index (χ0v) is 14.8. The summed E-state index contributed by atoms with van der Waals surface area (Å²) in [4.78, 5) is 26.5. The quantitative estimate of drug-likeness (QED) is 0.721. The van der Waals surface area contributed by atoms with Gasteiger partial charge < -0.3 is 23.7 Å². The third-order valence-corrected chi connectivity index (χ3v) is 3.50. The first kappa shape index (κ1) is 18.9. The smallest absolute Gasteiger partial charge is 0.222 e. The highest BCUT2D eigenvalue weighted by molar-refractivity contribution is 5.76. The molecule has 0 unspecified atom stereocenters. The molecule has 0 aromatic carbocycles. The molecule has 23 heavy (non-hydrogen) atoms.